The van der Waals surface area contributed by atoms with Crippen LogP contribution in [0.2, 0.25) is 5.02 Å². The Morgan fingerprint density at radius 3 is 2.51 bits per heavy atom. The number of benzene rings is 1. The lowest BCUT2D eigenvalue weighted by Gasteiger charge is -2.35. The highest BCUT2D eigenvalue weighted by atomic mass is 35.5. The van der Waals surface area contributed by atoms with Gasteiger partial charge in [0.2, 0.25) is 5.91 Å². The number of hydrogen-bond acceptors (Lipinski definition) is 9. The zero-order valence-corrected chi connectivity index (χ0v) is 23.9. The van der Waals surface area contributed by atoms with Crippen molar-refractivity contribution in [1.82, 2.24) is 60.0 Å². The molecule has 1 amide bonds. The van der Waals surface area contributed by atoms with E-state index in [9.17, 15) is 18.0 Å². The number of carbonyl (C=O) groups is 1. The molecule has 0 unspecified atom stereocenters. The number of aromatic nitrogens is 10. The van der Waals surface area contributed by atoms with Crippen molar-refractivity contribution >= 4 is 23.2 Å². The first-order valence-corrected chi connectivity index (χ1v) is 13.8. The van der Waals surface area contributed by atoms with Crippen molar-refractivity contribution in [2.75, 3.05) is 26.2 Å². The summed E-state index contributed by atoms with van der Waals surface area (Å²) in [6, 6.07) is 8.64. The van der Waals surface area contributed by atoms with Crippen molar-refractivity contribution in [3.05, 3.63) is 63.7 Å². The molecule has 0 atom stereocenters. The van der Waals surface area contributed by atoms with Crippen LogP contribution in [0.4, 0.5) is 13.2 Å². The molecule has 0 spiro atoms. The summed E-state index contributed by atoms with van der Waals surface area (Å²) in [7, 11) is 0. The Balaban J connectivity index is 1.06. The number of aromatic amines is 1. The third-order valence-electron chi connectivity index (χ3n) is 7.54. The average molecular weight is 615 g/mol. The second kappa shape index (κ2) is 11.3. The maximum atomic E-state index is 13.3. The molecule has 0 aliphatic carbocycles. The number of aryl methyl sites for hydroxylation is 1. The largest absolute Gasteiger partial charge is 0.453 e. The Hall–Kier alpha value is -4.44. The predicted molar refractivity (Wildman–Crippen MR) is 147 cm³/mol. The lowest BCUT2D eigenvalue weighted by atomic mass is 10.1. The highest BCUT2D eigenvalue weighted by Gasteiger charge is 2.37. The molecule has 13 nitrogen and oxygen atoms in total. The molecule has 4 aromatic heterocycles. The van der Waals surface area contributed by atoms with Crippen molar-refractivity contribution in [3.63, 3.8) is 0 Å². The lowest BCUT2D eigenvalue weighted by Crippen LogP contribution is -2.48. The summed E-state index contributed by atoms with van der Waals surface area (Å²) in [5.41, 5.74) is 3.99. The molecule has 43 heavy (non-hydrogen) atoms. The van der Waals surface area contributed by atoms with Crippen LogP contribution in [0.15, 0.2) is 30.3 Å². The highest BCUT2D eigenvalue weighted by Crippen LogP contribution is 2.28. The second-order valence-electron chi connectivity index (χ2n) is 10.3. The van der Waals surface area contributed by atoms with Crippen molar-refractivity contribution in [2.45, 2.75) is 39.4 Å². The minimum absolute atomic E-state index is 0.0230. The molecule has 0 bridgehead atoms. The Bertz CT molecular complexity index is 1770. The van der Waals surface area contributed by atoms with Gasteiger partial charge in [0.05, 0.1) is 5.69 Å². The minimum atomic E-state index is -4.70. The SMILES string of the molecule is Cc1nn(-c2ccc3nnc(C(F)(F)F)n3n2)c(C)c1CCC(=O)N1CCN(Cc2ccc(-c3nnn[nH]3)cc2Cl)CC1. The molecule has 1 aliphatic rings. The van der Waals surface area contributed by atoms with Crippen LogP contribution in [0.25, 0.3) is 22.9 Å². The number of piperazine rings is 1. The fraction of sp³-hybridized carbons (Fsp3) is 0.385. The van der Waals surface area contributed by atoms with E-state index >= 15 is 0 Å². The minimum Gasteiger partial charge on any atom is -0.340 e. The van der Waals surface area contributed by atoms with E-state index in [4.69, 9.17) is 11.6 Å². The zero-order valence-electron chi connectivity index (χ0n) is 23.2. The molecule has 1 aromatic carbocycles. The van der Waals surface area contributed by atoms with Crippen LogP contribution in [0.1, 0.15) is 34.8 Å². The number of hydrogen-bond donors (Lipinski definition) is 1. The van der Waals surface area contributed by atoms with Gasteiger partial charge in [-0.2, -0.15) is 22.8 Å². The van der Waals surface area contributed by atoms with Crippen LogP contribution < -0.4 is 0 Å². The number of H-pyrrole nitrogens is 1. The van der Waals surface area contributed by atoms with Crippen molar-refractivity contribution < 1.29 is 18.0 Å². The predicted octanol–water partition coefficient (Wildman–Crippen LogP) is 3.06. The standard InChI is InChI=1S/C26H26ClF3N12O/c1-15-19(16(2)41(35-15)22-7-6-21-31-34-25(26(28,29)30)42(21)36-22)5-8-23(43)40-11-9-39(10-12-40)14-18-4-3-17(13-20(18)27)24-32-37-38-33-24/h3-4,6-7,13H,5,8-12,14H2,1-2H3,(H,32,33,37,38). The van der Waals surface area contributed by atoms with E-state index in [0.29, 0.717) is 65.9 Å². The Morgan fingerprint density at radius 1 is 1.02 bits per heavy atom. The molecule has 0 radical (unpaired) electrons. The number of tetrazole rings is 1. The maximum absolute atomic E-state index is 13.3. The first-order chi connectivity index (χ1) is 20.6. The molecule has 5 aromatic rings. The molecule has 224 valence electrons. The normalized spacial score (nSPS) is 14.6. The first-order valence-electron chi connectivity index (χ1n) is 13.5. The van der Waals surface area contributed by atoms with E-state index in [-0.39, 0.29) is 23.8 Å². The number of nitrogens with zero attached hydrogens (tertiary/aromatic N) is 11. The Kier molecular flexibility index (Phi) is 7.56. The topological polar surface area (TPSA) is 139 Å². The van der Waals surface area contributed by atoms with Gasteiger partial charge in [-0.3, -0.25) is 9.69 Å². The van der Waals surface area contributed by atoms with Crippen LogP contribution >= 0.6 is 11.6 Å². The third-order valence-corrected chi connectivity index (χ3v) is 7.89. The molecule has 6 rings (SSSR count). The number of halogens is 4. The third kappa shape index (κ3) is 5.79. The Labute approximate surface area is 247 Å². The van der Waals surface area contributed by atoms with Crippen molar-refractivity contribution in [1.29, 1.82) is 0 Å². The number of amides is 1. The van der Waals surface area contributed by atoms with E-state index in [0.717, 1.165) is 16.7 Å². The van der Waals surface area contributed by atoms with Gasteiger partial charge in [-0.05, 0) is 60.0 Å². The molecule has 1 saturated heterocycles. The van der Waals surface area contributed by atoms with E-state index in [1.54, 1.807) is 13.8 Å². The molecular formula is C26H26ClF3N12O. The van der Waals surface area contributed by atoms with Crippen LogP contribution in [0.5, 0.6) is 0 Å². The van der Waals surface area contributed by atoms with Gasteiger partial charge in [-0.25, -0.2) is 9.78 Å². The number of nitrogens with one attached hydrogen (secondary N) is 1. The summed E-state index contributed by atoms with van der Waals surface area (Å²) in [5.74, 6) is -0.439. The van der Waals surface area contributed by atoms with E-state index < -0.39 is 12.0 Å². The fourth-order valence-electron chi connectivity index (χ4n) is 5.22. The quantitative estimate of drug-likeness (QED) is 0.293. The van der Waals surface area contributed by atoms with E-state index in [1.165, 1.54) is 16.8 Å². The summed E-state index contributed by atoms with van der Waals surface area (Å²) < 4.78 is 42.1. The van der Waals surface area contributed by atoms with Gasteiger partial charge < -0.3 is 4.90 Å². The van der Waals surface area contributed by atoms with Crippen molar-refractivity contribution in [2.24, 2.45) is 0 Å². The lowest BCUT2D eigenvalue weighted by molar-refractivity contribution is -0.146. The monoisotopic (exact) mass is 614 g/mol. The van der Waals surface area contributed by atoms with Crippen molar-refractivity contribution in [3.8, 4) is 17.2 Å². The first kappa shape index (κ1) is 28.7. The number of fused-ring (bicyclic) bond motifs is 1. The zero-order chi connectivity index (χ0) is 30.3. The number of rotatable bonds is 7. The van der Waals surface area contributed by atoms with Gasteiger partial charge in [-0.1, -0.05) is 23.7 Å². The van der Waals surface area contributed by atoms with Crippen LogP contribution in [0.3, 0.4) is 0 Å². The summed E-state index contributed by atoms with van der Waals surface area (Å²) in [6.45, 7) is 6.89. The van der Waals surface area contributed by atoms with Gasteiger partial charge in [0, 0.05) is 55.4 Å². The second-order valence-corrected chi connectivity index (χ2v) is 10.7. The van der Waals surface area contributed by atoms with Crippen LogP contribution in [0, 0.1) is 13.8 Å². The van der Waals surface area contributed by atoms with Crippen LogP contribution in [-0.4, -0.2) is 92.1 Å². The molecule has 17 heteroatoms. The molecule has 1 aliphatic heterocycles. The number of carbonyl (C=O) groups excluding carboxylic acids is 1. The summed E-state index contributed by atoms with van der Waals surface area (Å²) in [6.07, 6.45) is -3.97. The molecule has 1 N–H and O–H groups in total. The average Bonchev–Trinajstić information content (AvgIpc) is 3.72. The molecule has 5 heterocycles. The van der Waals surface area contributed by atoms with E-state index in [1.807, 2.05) is 23.1 Å². The van der Waals surface area contributed by atoms with Crippen LogP contribution in [-0.2, 0) is 23.9 Å². The Morgan fingerprint density at radius 2 is 1.81 bits per heavy atom. The summed E-state index contributed by atoms with van der Waals surface area (Å²) in [4.78, 5) is 17.2. The van der Waals surface area contributed by atoms with Gasteiger partial charge in [0.1, 0.15) is 0 Å². The summed E-state index contributed by atoms with van der Waals surface area (Å²) in [5, 5.41) is 29.8. The highest BCUT2D eigenvalue weighted by molar-refractivity contribution is 6.31. The molecule has 0 saturated carbocycles. The van der Waals surface area contributed by atoms with Gasteiger partial charge in [0.15, 0.2) is 17.3 Å². The van der Waals surface area contributed by atoms with E-state index in [2.05, 4.69) is 45.9 Å². The number of alkyl halides is 3. The molecular weight excluding hydrogens is 589 g/mol. The smallest absolute Gasteiger partial charge is 0.340 e. The summed E-state index contributed by atoms with van der Waals surface area (Å²) >= 11 is 6.52. The molecule has 1 fully saturated rings. The van der Waals surface area contributed by atoms with Gasteiger partial charge >= 0.3 is 6.18 Å². The maximum Gasteiger partial charge on any atom is 0.453 e. The fourth-order valence-corrected chi connectivity index (χ4v) is 5.46. The van der Waals surface area contributed by atoms with Gasteiger partial charge in [0.25, 0.3) is 5.82 Å². The van der Waals surface area contributed by atoms with Gasteiger partial charge in [-0.15, -0.1) is 20.4 Å².